The summed E-state index contributed by atoms with van der Waals surface area (Å²) in [6.07, 6.45) is 3.90. The molecule has 1 aromatic rings. The number of aromatic nitrogens is 2. The first-order valence-corrected chi connectivity index (χ1v) is 6.29. The van der Waals surface area contributed by atoms with E-state index in [2.05, 4.69) is 24.4 Å². The molecule has 3 N–H and O–H groups in total. The number of nitrogens with zero attached hydrogens (tertiary/aromatic N) is 2. The summed E-state index contributed by atoms with van der Waals surface area (Å²) in [5.41, 5.74) is 3.81. The lowest BCUT2D eigenvalue weighted by atomic mass is 10.2. The summed E-state index contributed by atoms with van der Waals surface area (Å²) in [7, 11) is 0. The average molecular weight is 240 g/mol. The standard InChI is InChI=1S/C12H24N4O/c1-4-10(3)16-7-6-11(15-16)8-12(14-13)9-17-5-2/h6-7,10,12,14H,4-5,8-9,13H2,1-3H3. The van der Waals surface area contributed by atoms with Crippen LogP contribution in [0.2, 0.25) is 0 Å². The molecule has 5 heteroatoms. The van der Waals surface area contributed by atoms with E-state index >= 15 is 0 Å². The Labute approximate surface area is 103 Å². The second kappa shape index (κ2) is 7.42. The minimum atomic E-state index is 0.121. The van der Waals surface area contributed by atoms with E-state index in [9.17, 15) is 0 Å². The molecule has 0 aromatic carbocycles. The van der Waals surface area contributed by atoms with Gasteiger partial charge in [-0.2, -0.15) is 5.10 Å². The third-order valence-electron chi connectivity index (χ3n) is 2.92. The van der Waals surface area contributed by atoms with E-state index in [-0.39, 0.29) is 6.04 Å². The largest absolute Gasteiger partial charge is 0.380 e. The van der Waals surface area contributed by atoms with E-state index in [1.54, 1.807) is 0 Å². The molecular weight excluding hydrogens is 216 g/mol. The van der Waals surface area contributed by atoms with Gasteiger partial charge in [0, 0.05) is 25.3 Å². The lowest BCUT2D eigenvalue weighted by molar-refractivity contribution is 0.122. The summed E-state index contributed by atoms with van der Waals surface area (Å²) in [5.74, 6) is 5.49. The van der Waals surface area contributed by atoms with Crippen LogP contribution in [0.25, 0.3) is 0 Å². The van der Waals surface area contributed by atoms with E-state index in [0.29, 0.717) is 19.3 Å². The maximum atomic E-state index is 5.49. The van der Waals surface area contributed by atoms with Gasteiger partial charge < -0.3 is 4.74 Å². The van der Waals surface area contributed by atoms with Gasteiger partial charge in [-0.1, -0.05) is 6.92 Å². The van der Waals surface area contributed by atoms with Crippen LogP contribution >= 0.6 is 0 Å². The maximum absolute atomic E-state index is 5.49. The quantitative estimate of drug-likeness (QED) is 0.530. The van der Waals surface area contributed by atoms with Gasteiger partial charge in [0.1, 0.15) is 0 Å². The van der Waals surface area contributed by atoms with Crippen molar-refractivity contribution in [2.45, 2.75) is 45.7 Å². The van der Waals surface area contributed by atoms with Crippen LogP contribution in [0.15, 0.2) is 12.3 Å². The monoisotopic (exact) mass is 240 g/mol. The maximum Gasteiger partial charge on any atom is 0.0641 e. The number of nitrogens with two attached hydrogens (primary N) is 1. The van der Waals surface area contributed by atoms with E-state index < -0.39 is 0 Å². The van der Waals surface area contributed by atoms with Crippen molar-refractivity contribution >= 4 is 0 Å². The molecule has 5 nitrogen and oxygen atoms in total. The molecule has 0 aliphatic rings. The second-order valence-corrected chi connectivity index (χ2v) is 4.27. The zero-order valence-corrected chi connectivity index (χ0v) is 11.0. The predicted octanol–water partition coefficient (Wildman–Crippen LogP) is 1.26. The molecule has 0 saturated carbocycles. The highest BCUT2D eigenvalue weighted by molar-refractivity contribution is 5.02. The SMILES string of the molecule is CCOCC(Cc1ccn(C(C)CC)n1)NN. The first kappa shape index (κ1) is 14.2. The summed E-state index contributed by atoms with van der Waals surface area (Å²) in [4.78, 5) is 0. The van der Waals surface area contributed by atoms with Gasteiger partial charge in [0.25, 0.3) is 0 Å². The van der Waals surface area contributed by atoms with E-state index in [4.69, 9.17) is 10.6 Å². The van der Waals surface area contributed by atoms with Gasteiger partial charge in [-0.05, 0) is 26.3 Å². The summed E-state index contributed by atoms with van der Waals surface area (Å²) in [5, 5.41) is 4.54. The fourth-order valence-corrected chi connectivity index (χ4v) is 1.60. The molecule has 1 rings (SSSR count). The third kappa shape index (κ3) is 4.46. The molecular formula is C12H24N4O. The smallest absolute Gasteiger partial charge is 0.0641 e. The van der Waals surface area contributed by atoms with Gasteiger partial charge in [-0.15, -0.1) is 0 Å². The Kier molecular flexibility index (Phi) is 6.18. The van der Waals surface area contributed by atoms with Gasteiger partial charge >= 0.3 is 0 Å². The molecule has 0 bridgehead atoms. The van der Waals surface area contributed by atoms with Crippen molar-refractivity contribution in [3.8, 4) is 0 Å². The molecule has 2 atom stereocenters. The summed E-state index contributed by atoms with van der Waals surface area (Å²) < 4.78 is 7.36. The van der Waals surface area contributed by atoms with Crippen LogP contribution in [-0.4, -0.2) is 29.0 Å². The molecule has 0 aliphatic carbocycles. The highest BCUT2D eigenvalue weighted by Crippen LogP contribution is 2.10. The van der Waals surface area contributed by atoms with Crippen molar-refractivity contribution in [3.05, 3.63) is 18.0 Å². The summed E-state index contributed by atoms with van der Waals surface area (Å²) >= 11 is 0. The van der Waals surface area contributed by atoms with Crippen LogP contribution in [0.1, 0.15) is 38.9 Å². The molecule has 0 radical (unpaired) electrons. The fourth-order valence-electron chi connectivity index (χ4n) is 1.60. The Balaban J connectivity index is 2.52. The molecule has 98 valence electrons. The highest BCUT2D eigenvalue weighted by Gasteiger charge is 2.11. The van der Waals surface area contributed by atoms with Gasteiger partial charge in [0.15, 0.2) is 0 Å². The first-order chi connectivity index (χ1) is 8.21. The topological polar surface area (TPSA) is 65.1 Å². The van der Waals surface area contributed by atoms with Crippen LogP contribution in [-0.2, 0) is 11.2 Å². The lowest BCUT2D eigenvalue weighted by Crippen LogP contribution is -2.40. The van der Waals surface area contributed by atoms with Crippen molar-refractivity contribution < 1.29 is 4.74 Å². The summed E-state index contributed by atoms with van der Waals surface area (Å²) in [6.45, 7) is 7.62. The molecule has 0 aliphatic heterocycles. The van der Waals surface area contributed by atoms with Crippen molar-refractivity contribution in [2.24, 2.45) is 5.84 Å². The molecule has 0 spiro atoms. The lowest BCUT2D eigenvalue weighted by Gasteiger charge is -2.14. The van der Waals surface area contributed by atoms with E-state index in [1.165, 1.54) is 0 Å². The zero-order chi connectivity index (χ0) is 12.7. The van der Waals surface area contributed by atoms with Gasteiger partial charge in [-0.25, -0.2) is 0 Å². The van der Waals surface area contributed by atoms with Gasteiger partial charge in [0.05, 0.1) is 18.3 Å². The number of hydrazine groups is 1. The second-order valence-electron chi connectivity index (χ2n) is 4.27. The molecule has 2 unspecified atom stereocenters. The molecule has 0 saturated heterocycles. The van der Waals surface area contributed by atoms with Crippen molar-refractivity contribution in [2.75, 3.05) is 13.2 Å². The first-order valence-electron chi connectivity index (χ1n) is 6.29. The van der Waals surface area contributed by atoms with Crippen molar-refractivity contribution in [3.63, 3.8) is 0 Å². The number of hydrogen-bond donors (Lipinski definition) is 2. The molecule has 1 heterocycles. The zero-order valence-electron chi connectivity index (χ0n) is 11.0. The Morgan fingerprint density at radius 2 is 2.29 bits per heavy atom. The Hall–Kier alpha value is -0.910. The molecule has 17 heavy (non-hydrogen) atoms. The normalized spacial score (nSPS) is 14.8. The fraction of sp³-hybridized carbons (Fsp3) is 0.750. The predicted molar refractivity (Wildman–Crippen MR) is 68.5 cm³/mol. The average Bonchev–Trinajstić information content (AvgIpc) is 2.81. The highest BCUT2D eigenvalue weighted by atomic mass is 16.5. The van der Waals surface area contributed by atoms with Crippen LogP contribution < -0.4 is 11.3 Å². The van der Waals surface area contributed by atoms with Crippen LogP contribution in [0, 0.1) is 0 Å². The minimum absolute atomic E-state index is 0.121. The molecule has 0 amide bonds. The number of rotatable bonds is 8. The molecule has 0 fully saturated rings. The Bertz CT molecular complexity index is 313. The molecule has 1 aromatic heterocycles. The number of nitrogens with one attached hydrogen (secondary N) is 1. The minimum Gasteiger partial charge on any atom is -0.380 e. The van der Waals surface area contributed by atoms with Crippen molar-refractivity contribution in [1.82, 2.24) is 15.2 Å². The van der Waals surface area contributed by atoms with Crippen molar-refractivity contribution in [1.29, 1.82) is 0 Å². The van der Waals surface area contributed by atoms with Crippen LogP contribution in [0.5, 0.6) is 0 Å². The third-order valence-corrected chi connectivity index (χ3v) is 2.92. The summed E-state index contributed by atoms with van der Waals surface area (Å²) in [6, 6.07) is 2.61. The van der Waals surface area contributed by atoms with Crippen LogP contribution in [0.4, 0.5) is 0 Å². The van der Waals surface area contributed by atoms with Crippen LogP contribution in [0.3, 0.4) is 0 Å². The van der Waals surface area contributed by atoms with Gasteiger partial charge in [-0.3, -0.25) is 16.0 Å². The Morgan fingerprint density at radius 1 is 1.53 bits per heavy atom. The van der Waals surface area contributed by atoms with E-state index in [0.717, 1.165) is 18.5 Å². The number of hydrogen-bond acceptors (Lipinski definition) is 4. The van der Waals surface area contributed by atoms with E-state index in [1.807, 2.05) is 23.9 Å². The Morgan fingerprint density at radius 3 is 2.88 bits per heavy atom. The number of ether oxygens (including phenoxy) is 1. The van der Waals surface area contributed by atoms with Gasteiger partial charge in [0.2, 0.25) is 0 Å².